The molecule has 2 aliphatic carbocycles. The van der Waals surface area contributed by atoms with Gasteiger partial charge in [-0.15, -0.1) is 0 Å². The molecule has 4 rings (SSSR count). The highest BCUT2D eigenvalue weighted by Crippen LogP contribution is 2.59. The zero-order chi connectivity index (χ0) is 22.6. The van der Waals surface area contributed by atoms with Gasteiger partial charge in [-0.05, 0) is 68.2 Å². The number of anilines is 1. The topological polar surface area (TPSA) is 111 Å². The predicted octanol–water partition coefficient (Wildman–Crippen LogP) is 3.85. The van der Waals surface area contributed by atoms with Crippen LogP contribution in [-0.4, -0.2) is 22.8 Å². The van der Waals surface area contributed by atoms with Gasteiger partial charge in [-0.2, -0.15) is 13.2 Å². The highest BCUT2D eigenvalue weighted by Gasteiger charge is 2.66. The second-order valence-electron chi connectivity index (χ2n) is 8.48. The van der Waals surface area contributed by atoms with Crippen molar-refractivity contribution in [3.05, 3.63) is 35.0 Å². The minimum Gasteiger partial charge on any atom is -0.382 e. The number of nitrogens with one attached hydrogen (secondary N) is 1. The average molecular weight is 455 g/mol. The molecule has 2 saturated carbocycles. The third-order valence-corrected chi connectivity index (χ3v) is 6.89. The van der Waals surface area contributed by atoms with Crippen LogP contribution in [0.2, 0.25) is 5.02 Å². The van der Waals surface area contributed by atoms with Crippen molar-refractivity contribution in [1.29, 1.82) is 0 Å². The highest BCUT2D eigenvalue weighted by atomic mass is 35.5. The van der Waals surface area contributed by atoms with Crippen molar-refractivity contribution >= 4 is 40.0 Å². The number of carbonyl (C=O) groups excluding carboxylic acids is 2. The second kappa shape index (κ2) is 7.55. The number of primary amides is 2. The summed E-state index contributed by atoms with van der Waals surface area (Å²) in [5, 5.41) is 4.15. The molecule has 1 heterocycles. The number of aromatic nitrogens is 1. The lowest BCUT2D eigenvalue weighted by Crippen LogP contribution is -2.40. The summed E-state index contributed by atoms with van der Waals surface area (Å²) in [5.74, 6) is -1.37. The molecule has 1 aromatic carbocycles. The molecule has 1 unspecified atom stereocenters. The van der Waals surface area contributed by atoms with E-state index in [0.717, 1.165) is 18.9 Å². The van der Waals surface area contributed by atoms with Crippen LogP contribution in [0.3, 0.4) is 0 Å². The molecule has 1 atom stereocenters. The Morgan fingerprint density at radius 1 is 1.10 bits per heavy atom. The summed E-state index contributed by atoms with van der Waals surface area (Å²) in [5.41, 5.74) is 9.15. The van der Waals surface area contributed by atoms with E-state index in [2.05, 4.69) is 10.3 Å². The van der Waals surface area contributed by atoms with Crippen LogP contribution in [0.4, 0.5) is 18.9 Å². The fourth-order valence-corrected chi connectivity index (χ4v) is 5.07. The Kier molecular flexibility index (Phi) is 5.28. The predicted molar refractivity (Wildman–Crippen MR) is 110 cm³/mol. The Balaban J connectivity index is 1.51. The van der Waals surface area contributed by atoms with Crippen LogP contribution in [0.5, 0.6) is 0 Å². The van der Waals surface area contributed by atoms with Gasteiger partial charge in [0, 0.05) is 22.1 Å². The van der Waals surface area contributed by atoms with Crippen LogP contribution < -0.4 is 16.8 Å². The summed E-state index contributed by atoms with van der Waals surface area (Å²) in [6, 6.07) is 5.52. The van der Waals surface area contributed by atoms with Crippen molar-refractivity contribution in [1.82, 2.24) is 4.98 Å². The zero-order valence-electron chi connectivity index (χ0n) is 16.5. The number of hydrogen-bond donors (Lipinski definition) is 3. The van der Waals surface area contributed by atoms with Crippen LogP contribution in [0.1, 0.15) is 37.8 Å². The number of carbonyl (C=O) groups is 2. The first kappa shape index (κ1) is 21.7. The van der Waals surface area contributed by atoms with Gasteiger partial charge >= 0.3 is 6.18 Å². The van der Waals surface area contributed by atoms with Gasteiger partial charge < -0.3 is 16.8 Å². The van der Waals surface area contributed by atoms with Crippen molar-refractivity contribution in [3.8, 4) is 0 Å². The first-order valence-corrected chi connectivity index (χ1v) is 10.4. The first-order chi connectivity index (χ1) is 14.5. The second-order valence-corrected chi connectivity index (χ2v) is 8.92. The van der Waals surface area contributed by atoms with Crippen molar-refractivity contribution in [2.24, 2.45) is 28.7 Å². The van der Waals surface area contributed by atoms with E-state index in [1.807, 2.05) is 0 Å². The normalized spacial score (nSPS) is 25.2. The fourth-order valence-electron chi connectivity index (χ4n) is 4.89. The number of pyridine rings is 1. The average Bonchev–Trinajstić information content (AvgIpc) is 3.45. The number of halogens is 4. The van der Waals surface area contributed by atoms with E-state index in [0.29, 0.717) is 35.4 Å². The number of benzene rings is 1. The molecular formula is C21H22ClF3N4O2. The van der Waals surface area contributed by atoms with Crippen molar-refractivity contribution in [2.75, 3.05) is 5.32 Å². The smallest absolute Gasteiger partial charge is 0.382 e. The molecule has 2 fully saturated rings. The Bertz CT molecular complexity index is 1040. The number of amides is 2. The minimum absolute atomic E-state index is 0.0581. The molecule has 0 spiro atoms. The molecular weight excluding hydrogens is 433 g/mol. The van der Waals surface area contributed by atoms with E-state index in [9.17, 15) is 22.8 Å². The maximum atomic E-state index is 13.3. The van der Waals surface area contributed by atoms with Gasteiger partial charge in [0.15, 0.2) is 0 Å². The number of fused-ring (bicyclic) bond motifs is 1. The van der Waals surface area contributed by atoms with Gasteiger partial charge in [0.1, 0.15) is 11.1 Å². The molecule has 2 amide bonds. The zero-order valence-corrected chi connectivity index (χ0v) is 17.3. The lowest BCUT2D eigenvalue weighted by molar-refractivity contribution is -0.141. The van der Waals surface area contributed by atoms with Crippen LogP contribution in [0, 0.1) is 17.3 Å². The quantitative estimate of drug-likeness (QED) is 0.596. The molecule has 31 heavy (non-hydrogen) atoms. The van der Waals surface area contributed by atoms with E-state index < -0.39 is 29.1 Å². The molecule has 0 radical (unpaired) electrons. The van der Waals surface area contributed by atoms with Gasteiger partial charge in [0.05, 0.1) is 5.52 Å². The lowest BCUT2D eigenvalue weighted by Gasteiger charge is -2.31. The van der Waals surface area contributed by atoms with Gasteiger partial charge in [-0.3, -0.25) is 9.59 Å². The summed E-state index contributed by atoms with van der Waals surface area (Å²) in [6.45, 7) is 0. The van der Waals surface area contributed by atoms with E-state index in [1.165, 1.54) is 12.1 Å². The van der Waals surface area contributed by atoms with E-state index in [1.54, 1.807) is 6.07 Å². The van der Waals surface area contributed by atoms with Gasteiger partial charge in [0.2, 0.25) is 11.8 Å². The summed E-state index contributed by atoms with van der Waals surface area (Å²) in [6.07, 6.45) is -1.38. The number of nitrogens with zero attached hydrogens (tertiary/aromatic N) is 1. The third-order valence-electron chi connectivity index (χ3n) is 6.66. The maximum absolute atomic E-state index is 13.3. The van der Waals surface area contributed by atoms with Crippen LogP contribution >= 0.6 is 11.6 Å². The largest absolute Gasteiger partial charge is 0.433 e. The molecule has 2 aliphatic rings. The number of alkyl halides is 3. The molecule has 2 aromatic rings. The summed E-state index contributed by atoms with van der Waals surface area (Å²) in [7, 11) is 0. The van der Waals surface area contributed by atoms with E-state index in [4.69, 9.17) is 23.1 Å². The van der Waals surface area contributed by atoms with Crippen molar-refractivity contribution < 1.29 is 22.8 Å². The van der Waals surface area contributed by atoms with E-state index in [-0.39, 0.29) is 23.4 Å². The van der Waals surface area contributed by atoms with Crippen LogP contribution in [0.25, 0.3) is 10.9 Å². The van der Waals surface area contributed by atoms with Gasteiger partial charge in [-0.1, -0.05) is 11.6 Å². The first-order valence-electron chi connectivity index (χ1n) is 10.1. The van der Waals surface area contributed by atoms with Gasteiger partial charge in [0.25, 0.3) is 0 Å². The number of hydrogen-bond acceptors (Lipinski definition) is 4. The third kappa shape index (κ3) is 3.91. The fraction of sp³-hybridized carbons (Fsp3) is 0.476. The van der Waals surface area contributed by atoms with Crippen LogP contribution in [-0.2, 0) is 15.8 Å². The van der Waals surface area contributed by atoms with E-state index >= 15 is 0 Å². The molecule has 0 bridgehead atoms. The molecule has 10 heteroatoms. The molecule has 1 aromatic heterocycles. The summed E-state index contributed by atoms with van der Waals surface area (Å²) >= 11 is 6.05. The van der Waals surface area contributed by atoms with Crippen molar-refractivity contribution in [3.63, 3.8) is 0 Å². The Morgan fingerprint density at radius 2 is 1.74 bits per heavy atom. The van der Waals surface area contributed by atoms with Gasteiger partial charge in [-0.25, -0.2) is 4.98 Å². The minimum atomic E-state index is -4.57. The molecule has 166 valence electrons. The summed E-state index contributed by atoms with van der Waals surface area (Å²) < 4.78 is 39.9. The molecule has 6 nitrogen and oxygen atoms in total. The number of rotatable bonds is 5. The maximum Gasteiger partial charge on any atom is 0.433 e. The lowest BCUT2D eigenvalue weighted by atomic mass is 9.80. The Labute approximate surface area is 181 Å². The molecule has 0 aliphatic heterocycles. The standard InChI is InChI=1S/C21H22ClF3N4O2/c22-11-3-6-15-13(7-11)16(8-17(29-15)21(23,24)25)28-12-4-1-10(2-5-12)14-9-20(14,18(26)30)19(27)31/h3,6-8,10,12,14H,1-2,4-5,9H2,(H2,26,30)(H2,27,31)(H,28,29). The Hall–Kier alpha value is -2.55. The Morgan fingerprint density at radius 3 is 2.29 bits per heavy atom. The van der Waals surface area contributed by atoms with Crippen molar-refractivity contribution in [2.45, 2.75) is 44.3 Å². The molecule has 5 N–H and O–H groups in total. The number of nitrogens with two attached hydrogens (primary N) is 2. The molecule has 0 saturated heterocycles. The van der Waals surface area contributed by atoms with Crippen LogP contribution in [0.15, 0.2) is 24.3 Å². The monoisotopic (exact) mass is 454 g/mol. The highest BCUT2D eigenvalue weighted by molar-refractivity contribution is 6.31. The summed E-state index contributed by atoms with van der Waals surface area (Å²) in [4.78, 5) is 27.2. The SMILES string of the molecule is NC(=O)C1(C(N)=O)CC1C1CCC(Nc2cc(C(F)(F)F)nc3ccc(Cl)cc23)CC1.